The molecule has 9 atom stereocenters. The van der Waals surface area contributed by atoms with Crippen LogP contribution in [0.2, 0.25) is 0 Å². The van der Waals surface area contributed by atoms with Crippen molar-refractivity contribution in [3.8, 4) is 17.2 Å². The number of fused-ring (bicyclic) bond motifs is 7. The number of allylic oxidation sites excluding steroid dienone is 4. The summed E-state index contributed by atoms with van der Waals surface area (Å²) in [5.41, 5.74) is -7.73. The molecule has 0 amide bonds. The molecular formula is C36H43F2NO15. The molecule has 4 aliphatic carbocycles. The van der Waals surface area contributed by atoms with Crippen molar-refractivity contribution >= 4 is 23.7 Å². The number of hydrogen-bond acceptors (Lipinski definition) is 16. The van der Waals surface area contributed by atoms with Crippen LogP contribution in [0.15, 0.2) is 35.9 Å². The van der Waals surface area contributed by atoms with E-state index in [1.165, 1.54) is 13.0 Å². The minimum atomic E-state index is -2.42. The molecule has 6 rings (SSSR count). The fraction of sp³-hybridized carbons (Fsp3) is 0.611. The van der Waals surface area contributed by atoms with E-state index in [1.807, 2.05) is 0 Å². The molecule has 16 nitrogen and oxygen atoms in total. The van der Waals surface area contributed by atoms with E-state index in [4.69, 9.17) is 34.1 Å². The van der Waals surface area contributed by atoms with Crippen LogP contribution in [0.1, 0.15) is 70.2 Å². The molecule has 4 fully saturated rings. The molecule has 1 heterocycles. The van der Waals surface area contributed by atoms with Gasteiger partial charge in [-0.05, 0) is 88.7 Å². The average Bonchev–Trinajstić information content (AvgIpc) is 3.50. The van der Waals surface area contributed by atoms with Gasteiger partial charge in [-0.1, -0.05) is 13.0 Å². The number of alkyl halides is 2. The zero-order chi connectivity index (χ0) is 39.6. The molecule has 0 bridgehead atoms. The predicted molar refractivity (Wildman–Crippen MR) is 174 cm³/mol. The Balaban J connectivity index is 1.18. The molecule has 1 aromatic carbocycles. The number of Topliss-reactive ketones (excluding diaryl/α,β-unsaturated/α-hetero) is 1. The number of rotatable bonds is 11. The van der Waals surface area contributed by atoms with Crippen LogP contribution in [-0.4, -0.2) is 110 Å². The summed E-state index contributed by atoms with van der Waals surface area (Å²) in [6.07, 6.45) is -2.58. The third kappa shape index (κ3) is 6.26. The summed E-state index contributed by atoms with van der Waals surface area (Å²) < 4.78 is 61.4. The first-order valence-corrected chi connectivity index (χ1v) is 17.5. The van der Waals surface area contributed by atoms with Crippen LogP contribution in [0.5, 0.6) is 17.2 Å². The molecule has 0 radical (unpaired) electrons. The van der Waals surface area contributed by atoms with Crippen molar-refractivity contribution in [2.75, 3.05) is 19.8 Å². The Hall–Kier alpha value is -4.04. The van der Waals surface area contributed by atoms with E-state index < -0.39 is 111 Å². The molecule has 3 saturated carbocycles. The minimum absolute atomic E-state index is 0.0391. The van der Waals surface area contributed by atoms with Gasteiger partial charge in [0, 0.05) is 16.7 Å². The smallest absolute Gasteiger partial charge is 0.504 e. The highest BCUT2D eigenvalue weighted by atomic mass is 19.1. The van der Waals surface area contributed by atoms with Crippen LogP contribution in [0, 0.1) is 22.7 Å². The SMILES string of the molecule is CC1(C)O[C@@H]2CC3C4C[C@H](F)C5=CC(=O)C=C[C@]5(C)[C@@]4(F)[C@@H](O)C[C@]3(C)[C@]2(C(=O)COC(=O)Oc2cc(C(=O)OCCCCON(O)O)cc(O)c2O)O1. The normalized spacial score (nSPS) is 36.1. The van der Waals surface area contributed by atoms with Crippen LogP contribution in [0.4, 0.5) is 13.6 Å². The van der Waals surface area contributed by atoms with Crippen LogP contribution in [0.25, 0.3) is 0 Å². The number of hydrogen-bond donors (Lipinski definition) is 5. The molecule has 5 aliphatic rings. The molecule has 18 heteroatoms. The number of ether oxygens (including phenoxy) is 5. The van der Waals surface area contributed by atoms with E-state index in [0.29, 0.717) is 0 Å². The highest BCUT2D eigenvalue weighted by Gasteiger charge is 2.80. The van der Waals surface area contributed by atoms with Gasteiger partial charge >= 0.3 is 12.1 Å². The number of aliphatic hydroxyl groups is 1. The number of nitrogens with zero attached hydrogens (tertiary/aromatic N) is 1. The third-order valence-corrected chi connectivity index (χ3v) is 11.8. The highest BCUT2D eigenvalue weighted by Crippen LogP contribution is 2.72. The molecule has 296 valence electrons. The monoisotopic (exact) mass is 767 g/mol. The summed E-state index contributed by atoms with van der Waals surface area (Å²) in [6.45, 7) is 5.01. The van der Waals surface area contributed by atoms with E-state index in [0.717, 1.165) is 24.3 Å². The zero-order valence-electron chi connectivity index (χ0n) is 30.0. The Kier molecular flexibility index (Phi) is 10.2. The van der Waals surface area contributed by atoms with E-state index in [9.17, 15) is 34.5 Å². The van der Waals surface area contributed by atoms with Gasteiger partial charge < -0.3 is 39.0 Å². The standard InChI is InChI=1S/C36H43F2NO15/c1-32(2)53-28-15-20-21-14-23(37)22-13-19(40)7-8-33(22,3)35(21,38)26(42)16-34(20,4)36(28,54-32)27(43)17-50-31(46)52-25-12-18(11-24(41)29(25)44)30(45)49-9-5-6-10-51-39(47)48/h7-8,11-13,20-21,23,26,28,41-42,44,47-48H,5-6,9-10,14-17H2,1-4H3/t20?,21?,23-,26-,28+,33-,34-,35-,36+/m0/s1. The van der Waals surface area contributed by atoms with Gasteiger partial charge in [0.15, 0.2) is 40.9 Å². The van der Waals surface area contributed by atoms with Gasteiger partial charge in [0.05, 0.1) is 36.4 Å². The molecule has 54 heavy (non-hydrogen) atoms. The van der Waals surface area contributed by atoms with Gasteiger partial charge in [-0.2, -0.15) is 0 Å². The lowest BCUT2D eigenvalue weighted by molar-refractivity contribution is -0.492. The first-order valence-electron chi connectivity index (χ1n) is 17.5. The lowest BCUT2D eigenvalue weighted by Gasteiger charge is -2.63. The third-order valence-electron chi connectivity index (χ3n) is 11.8. The fourth-order valence-corrected chi connectivity index (χ4v) is 9.54. The fourth-order valence-electron chi connectivity index (χ4n) is 9.54. The molecule has 2 unspecified atom stereocenters. The van der Waals surface area contributed by atoms with E-state index in [-0.39, 0.29) is 56.5 Å². The Morgan fingerprint density at radius 3 is 2.43 bits per heavy atom. The number of esters is 1. The van der Waals surface area contributed by atoms with Gasteiger partial charge in [-0.3, -0.25) is 24.8 Å². The van der Waals surface area contributed by atoms with Crippen molar-refractivity contribution in [3.63, 3.8) is 0 Å². The van der Waals surface area contributed by atoms with Crippen LogP contribution in [-0.2, 0) is 33.4 Å². The van der Waals surface area contributed by atoms with Crippen molar-refractivity contribution in [2.45, 2.75) is 95.2 Å². The number of carbonyl (C=O) groups excluding carboxylic acids is 4. The largest absolute Gasteiger partial charge is 0.514 e. The second-order valence-corrected chi connectivity index (χ2v) is 15.3. The molecule has 1 saturated heterocycles. The predicted octanol–water partition coefficient (Wildman–Crippen LogP) is 3.95. The van der Waals surface area contributed by atoms with Gasteiger partial charge in [-0.25, -0.2) is 18.4 Å². The Labute approximate surface area is 307 Å². The van der Waals surface area contributed by atoms with Crippen LogP contribution < -0.4 is 4.74 Å². The van der Waals surface area contributed by atoms with E-state index >= 15 is 8.78 Å². The lowest BCUT2D eigenvalue weighted by atomic mass is 9.44. The number of halogens is 2. The van der Waals surface area contributed by atoms with Crippen molar-refractivity contribution in [3.05, 3.63) is 41.5 Å². The number of phenols is 2. The van der Waals surface area contributed by atoms with Gasteiger partial charge in [-0.15, -0.1) is 0 Å². The lowest BCUT2D eigenvalue weighted by Crippen LogP contribution is -2.71. The van der Waals surface area contributed by atoms with Crippen LogP contribution in [0.3, 0.4) is 0 Å². The summed E-state index contributed by atoms with van der Waals surface area (Å²) in [7, 11) is 0. The Bertz CT molecular complexity index is 1780. The second-order valence-electron chi connectivity index (χ2n) is 15.3. The van der Waals surface area contributed by atoms with Crippen molar-refractivity contribution in [1.29, 1.82) is 0 Å². The number of unbranched alkanes of at least 4 members (excludes halogenated alkanes) is 1. The second kappa shape index (κ2) is 13.9. The van der Waals surface area contributed by atoms with Crippen molar-refractivity contribution < 1.29 is 82.2 Å². The number of aromatic hydroxyl groups is 2. The number of phenolic OH excluding ortho intramolecular Hbond substituents is 2. The quantitative estimate of drug-likeness (QED) is 0.0706. The summed E-state index contributed by atoms with van der Waals surface area (Å²) >= 11 is 0. The number of aliphatic hydroxyl groups excluding tert-OH is 1. The number of benzene rings is 1. The van der Waals surface area contributed by atoms with Gasteiger partial charge in [0.25, 0.3) is 0 Å². The Morgan fingerprint density at radius 1 is 1.02 bits per heavy atom. The summed E-state index contributed by atoms with van der Waals surface area (Å²) in [5, 5.41) is 48.8. The highest BCUT2D eigenvalue weighted by molar-refractivity contribution is 6.01. The maximum absolute atomic E-state index is 17.7. The zero-order valence-corrected chi connectivity index (χ0v) is 30.0. The van der Waals surface area contributed by atoms with E-state index in [2.05, 4.69) is 4.84 Å². The molecular weight excluding hydrogens is 724 g/mol. The van der Waals surface area contributed by atoms with Crippen LogP contribution >= 0.6 is 0 Å². The van der Waals surface area contributed by atoms with Gasteiger partial charge in [0.2, 0.25) is 11.5 Å². The maximum Gasteiger partial charge on any atom is 0.514 e. The molecule has 1 aromatic rings. The number of carbonyl (C=O) groups is 4. The molecule has 0 aromatic heterocycles. The van der Waals surface area contributed by atoms with E-state index in [1.54, 1.807) is 20.8 Å². The Morgan fingerprint density at radius 2 is 1.72 bits per heavy atom. The molecule has 5 N–H and O–H groups in total. The average molecular weight is 768 g/mol. The molecule has 0 spiro atoms. The maximum atomic E-state index is 17.7. The summed E-state index contributed by atoms with van der Waals surface area (Å²) in [6, 6.07) is 1.75. The minimum Gasteiger partial charge on any atom is -0.504 e. The van der Waals surface area contributed by atoms with Crippen molar-refractivity contribution in [2.24, 2.45) is 22.7 Å². The first kappa shape index (κ1) is 39.6. The topological polar surface area (TPSA) is 228 Å². The molecule has 1 aliphatic heterocycles. The summed E-state index contributed by atoms with van der Waals surface area (Å²) in [4.78, 5) is 56.3. The van der Waals surface area contributed by atoms with Gasteiger partial charge in [0.1, 0.15) is 6.17 Å². The first-order chi connectivity index (χ1) is 25.2. The van der Waals surface area contributed by atoms with Crippen molar-refractivity contribution in [1.82, 2.24) is 5.39 Å². The number of ketones is 2. The summed E-state index contributed by atoms with van der Waals surface area (Å²) in [5.74, 6) is -8.03.